The molecule has 1 fully saturated rings. The number of rotatable bonds is 4. The van der Waals surface area contributed by atoms with Crippen LogP contribution in [0.15, 0.2) is 36.5 Å². The van der Waals surface area contributed by atoms with Crippen molar-refractivity contribution in [3.05, 3.63) is 36.5 Å². The number of ether oxygens (including phenoxy) is 1. The zero-order valence-corrected chi connectivity index (χ0v) is 21.6. The standard InChI is InChI=1S/C25H40N2O3Si/c1-24(2,3)30-23(28)26-15-14-22(27-16-13-19-11-9-10-12-21(19)27)20(17-26)18-29-31(7,8)25(4,5)6/h9-13,16,20,22H,14-15,17-18H2,1-8H3. The van der Waals surface area contributed by atoms with Gasteiger partial charge >= 0.3 is 6.09 Å². The smallest absolute Gasteiger partial charge is 0.410 e. The fourth-order valence-electron chi connectivity index (χ4n) is 3.97. The Morgan fingerprint density at radius 1 is 1.10 bits per heavy atom. The predicted octanol–water partition coefficient (Wildman–Crippen LogP) is 6.46. The second kappa shape index (κ2) is 8.62. The number of carbonyl (C=O) groups is 1. The summed E-state index contributed by atoms with van der Waals surface area (Å²) in [5, 5.41) is 1.41. The average molecular weight is 445 g/mol. The van der Waals surface area contributed by atoms with Crippen LogP contribution in [0.3, 0.4) is 0 Å². The van der Waals surface area contributed by atoms with Crippen LogP contribution in [0, 0.1) is 5.92 Å². The highest BCUT2D eigenvalue weighted by Gasteiger charge is 2.40. The molecular formula is C25H40N2O3Si. The predicted molar refractivity (Wildman–Crippen MR) is 130 cm³/mol. The number of amides is 1. The van der Waals surface area contributed by atoms with E-state index in [0.29, 0.717) is 25.7 Å². The molecule has 2 unspecified atom stereocenters. The number of fused-ring (bicyclic) bond motifs is 1. The topological polar surface area (TPSA) is 43.7 Å². The molecule has 0 saturated carbocycles. The molecule has 5 nitrogen and oxygen atoms in total. The molecule has 2 aromatic rings. The van der Waals surface area contributed by atoms with Gasteiger partial charge in [-0.05, 0) is 62.8 Å². The Morgan fingerprint density at radius 3 is 2.42 bits per heavy atom. The van der Waals surface area contributed by atoms with Crippen LogP contribution in [-0.2, 0) is 9.16 Å². The van der Waals surface area contributed by atoms with Gasteiger partial charge in [0.25, 0.3) is 0 Å². The fourth-order valence-corrected chi connectivity index (χ4v) is 5.03. The average Bonchev–Trinajstić information content (AvgIpc) is 3.08. The number of hydrogen-bond acceptors (Lipinski definition) is 3. The molecule has 31 heavy (non-hydrogen) atoms. The van der Waals surface area contributed by atoms with Crippen molar-refractivity contribution in [2.45, 2.75) is 77.7 Å². The van der Waals surface area contributed by atoms with Crippen LogP contribution in [0.25, 0.3) is 10.9 Å². The van der Waals surface area contributed by atoms with Gasteiger partial charge in [-0.2, -0.15) is 0 Å². The Morgan fingerprint density at radius 2 is 1.77 bits per heavy atom. The third kappa shape index (κ3) is 5.53. The summed E-state index contributed by atoms with van der Waals surface area (Å²) in [7, 11) is -1.89. The van der Waals surface area contributed by atoms with Crippen LogP contribution in [0.5, 0.6) is 0 Å². The first-order valence-electron chi connectivity index (χ1n) is 11.5. The Labute approximate surface area is 188 Å². The van der Waals surface area contributed by atoms with Crippen LogP contribution >= 0.6 is 0 Å². The molecule has 3 rings (SSSR count). The van der Waals surface area contributed by atoms with Gasteiger partial charge in [0, 0.05) is 43.4 Å². The number of para-hydroxylation sites is 1. The molecule has 1 aromatic carbocycles. The zero-order valence-electron chi connectivity index (χ0n) is 20.6. The minimum Gasteiger partial charge on any atom is -0.444 e. The van der Waals surface area contributed by atoms with E-state index in [1.165, 1.54) is 10.9 Å². The van der Waals surface area contributed by atoms with Crippen molar-refractivity contribution in [3.63, 3.8) is 0 Å². The van der Waals surface area contributed by atoms with E-state index in [-0.39, 0.29) is 17.0 Å². The SMILES string of the molecule is CC(C)(C)OC(=O)N1CCC(n2ccc3ccccc32)C(CO[Si](C)(C)C(C)(C)C)C1. The van der Waals surface area contributed by atoms with Crippen molar-refractivity contribution in [1.82, 2.24) is 9.47 Å². The van der Waals surface area contributed by atoms with Gasteiger partial charge in [-0.15, -0.1) is 0 Å². The lowest BCUT2D eigenvalue weighted by atomic mass is 9.92. The lowest BCUT2D eigenvalue weighted by Gasteiger charge is -2.42. The highest BCUT2D eigenvalue weighted by Crippen LogP contribution is 2.39. The molecule has 6 heteroatoms. The van der Waals surface area contributed by atoms with Crippen LogP contribution in [0.1, 0.15) is 54.0 Å². The second-order valence-corrected chi connectivity index (χ2v) is 16.2. The Bertz CT molecular complexity index is 907. The number of likely N-dealkylation sites (tertiary alicyclic amines) is 1. The number of benzene rings is 1. The van der Waals surface area contributed by atoms with Gasteiger partial charge in [-0.3, -0.25) is 0 Å². The largest absolute Gasteiger partial charge is 0.444 e. The fraction of sp³-hybridized carbons (Fsp3) is 0.640. The first kappa shape index (κ1) is 23.9. The van der Waals surface area contributed by atoms with Crippen molar-refractivity contribution in [3.8, 4) is 0 Å². The minimum absolute atomic E-state index is 0.155. The van der Waals surface area contributed by atoms with E-state index in [9.17, 15) is 4.79 Å². The summed E-state index contributed by atoms with van der Waals surface area (Å²) in [5.41, 5.74) is 0.757. The number of piperidine rings is 1. The summed E-state index contributed by atoms with van der Waals surface area (Å²) in [5.74, 6) is 0.214. The highest BCUT2D eigenvalue weighted by molar-refractivity contribution is 6.74. The number of aromatic nitrogens is 1. The minimum atomic E-state index is -1.89. The van der Waals surface area contributed by atoms with Crippen molar-refractivity contribution in [2.75, 3.05) is 19.7 Å². The van der Waals surface area contributed by atoms with Gasteiger partial charge in [0.1, 0.15) is 5.60 Å². The van der Waals surface area contributed by atoms with E-state index in [0.717, 1.165) is 6.42 Å². The van der Waals surface area contributed by atoms with Gasteiger partial charge in [-0.1, -0.05) is 39.0 Å². The Kier molecular flexibility index (Phi) is 6.64. The molecule has 0 radical (unpaired) electrons. The second-order valence-electron chi connectivity index (χ2n) is 11.4. The normalized spacial score (nSPS) is 20.8. The Balaban J connectivity index is 1.85. The molecule has 0 spiro atoms. The van der Waals surface area contributed by atoms with E-state index in [2.05, 4.69) is 75.0 Å². The molecule has 2 atom stereocenters. The maximum Gasteiger partial charge on any atom is 0.410 e. The summed E-state index contributed by atoms with van der Waals surface area (Å²) in [6.45, 7) is 19.2. The zero-order chi connectivity index (χ0) is 23.0. The first-order chi connectivity index (χ1) is 14.3. The van der Waals surface area contributed by atoms with E-state index in [1.807, 2.05) is 25.7 Å². The third-order valence-corrected chi connectivity index (χ3v) is 11.3. The summed E-state index contributed by atoms with van der Waals surface area (Å²) >= 11 is 0. The molecule has 1 aliphatic heterocycles. The number of hydrogen-bond donors (Lipinski definition) is 0. The van der Waals surface area contributed by atoms with Crippen molar-refractivity contribution in [1.29, 1.82) is 0 Å². The van der Waals surface area contributed by atoms with Crippen LogP contribution < -0.4 is 0 Å². The maximum atomic E-state index is 12.8. The summed E-state index contributed by atoms with van der Waals surface area (Å²) in [6.07, 6.45) is 2.86. The summed E-state index contributed by atoms with van der Waals surface area (Å²) in [6, 6.07) is 11.0. The molecule has 1 saturated heterocycles. The molecule has 1 amide bonds. The monoisotopic (exact) mass is 444 g/mol. The molecule has 172 valence electrons. The van der Waals surface area contributed by atoms with E-state index < -0.39 is 13.9 Å². The lowest BCUT2D eigenvalue weighted by molar-refractivity contribution is 0.00645. The van der Waals surface area contributed by atoms with Crippen molar-refractivity contribution in [2.24, 2.45) is 5.92 Å². The number of carbonyl (C=O) groups excluding carboxylic acids is 1. The van der Waals surface area contributed by atoms with E-state index in [1.54, 1.807) is 0 Å². The highest BCUT2D eigenvalue weighted by atomic mass is 28.4. The molecule has 2 heterocycles. The van der Waals surface area contributed by atoms with Crippen LogP contribution in [0.2, 0.25) is 18.1 Å². The Hall–Kier alpha value is -1.79. The molecule has 0 aliphatic carbocycles. The van der Waals surface area contributed by atoms with Gasteiger partial charge in [0.2, 0.25) is 0 Å². The number of nitrogens with zero attached hydrogens (tertiary/aromatic N) is 2. The first-order valence-corrected chi connectivity index (χ1v) is 14.4. The van der Waals surface area contributed by atoms with Gasteiger partial charge in [-0.25, -0.2) is 4.79 Å². The van der Waals surface area contributed by atoms with E-state index >= 15 is 0 Å². The van der Waals surface area contributed by atoms with Crippen LogP contribution in [0.4, 0.5) is 4.79 Å². The quantitative estimate of drug-likeness (QED) is 0.508. The van der Waals surface area contributed by atoms with Gasteiger partial charge < -0.3 is 18.6 Å². The molecule has 1 aromatic heterocycles. The lowest BCUT2D eigenvalue weighted by Crippen LogP contribution is -2.49. The molecule has 1 aliphatic rings. The molecule has 0 N–H and O–H groups in total. The molecular weight excluding hydrogens is 404 g/mol. The van der Waals surface area contributed by atoms with Crippen LogP contribution in [-0.4, -0.2) is 49.2 Å². The third-order valence-electron chi connectivity index (χ3n) is 6.80. The van der Waals surface area contributed by atoms with E-state index in [4.69, 9.17) is 9.16 Å². The maximum absolute atomic E-state index is 12.8. The van der Waals surface area contributed by atoms with Crippen molar-refractivity contribution < 1.29 is 14.0 Å². The van der Waals surface area contributed by atoms with Gasteiger partial charge in [0.15, 0.2) is 8.32 Å². The summed E-state index contributed by atoms with van der Waals surface area (Å²) in [4.78, 5) is 14.7. The molecule has 0 bridgehead atoms. The van der Waals surface area contributed by atoms with Gasteiger partial charge in [0.05, 0.1) is 0 Å². The summed E-state index contributed by atoms with van der Waals surface area (Å²) < 4.78 is 14.7. The van der Waals surface area contributed by atoms with Crippen molar-refractivity contribution >= 4 is 25.3 Å².